The number of hydrogen-bond acceptors (Lipinski definition) is 4. The van der Waals surface area contributed by atoms with Crippen LogP contribution >= 0.6 is 11.6 Å². The van der Waals surface area contributed by atoms with Crippen LogP contribution in [0.25, 0.3) is 0 Å². The fraction of sp³-hybridized carbons (Fsp3) is 0.357. The van der Waals surface area contributed by atoms with Crippen LogP contribution in [0.15, 0.2) is 24.3 Å². The lowest BCUT2D eigenvalue weighted by Gasteiger charge is -2.17. The fourth-order valence-corrected chi connectivity index (χ4v) is 2.28. The topological polar surface area (TPSA) is 75.7 Å². The van der Waals surface area contributed by atoms with Crippen LogP contribution in [0.1, 0.15) is 23.7 Å². The summed E-state index contributed by atoms with van der Waals surface area (Å²) < 4.78 is 4.88. The monoisotopic (exact) mass is 310 g/mol. The van der Waals surface area contributed by atoms with Gasteiger partial charge in [-0.2, -0.15) is 0 Å². The van der Waals surface area contributed by atoms with E-state index in [1.54, 1.807) is 31.2 Å². The van der Waals surface area contributed by atoms with Crippen molar-refractivity contribution in [3.05, 3.63) is 34.9 Å². The Morgan fingerprint density at radius 1 is 1.43 bits per heavy atom. The molecule has 1 saturated heterocycles. The molecular weight excluding hydrogens is 296 g/mol. The molecule has 2 rings (SSSR count). The Morgan fingerprint density at radius 2 is 2.14 bits per heavy atom. The number of rotatable bonds is 4. The molecule has 1 heterocycles. The largest absolute Gasteiger partial charge is 0.466 e. The molecule has 0 aliphatic carbocycles. The summed E-state index contributed by atoms with van der Waals surface area (Å²) in [6, 6.07) is 6.52. The maximum Gasteiger partial charge on any atom is 0.311 e. The normalized spacial score (nSPS) is 17.7. The van der Waals surface area contributed by atoms with Gasteiger partial charge in [0, 0.05) is 6.42 Å². The first-order chi connectivity index (χ1) is 10.0. The summed E-state index contributed by atoms with van der Waals surface area (Å²) in [6.45, 7) is 2.06. The smallest absolute Gasteiger partial charge is 0.311 e. The molecule has 0 radical (unpaired) electrons. The zero-order valence-corrected chi connectivity index (χ0v) is 12.2. The number of hydrazine groups is 1. The Labute approximate surface area is 127 Å². The highest BCUT2D eigenvalue weighted by Crippen LogP contribution is 2.19. The van der Waals surface area contributed by atoms with E-state index < -0.39 is 17.8 Å². The zero-order chi connectivity index (χ0) is 15.4. The van der Waals surface area contributed by atoms with E-state index in [1.807, 2.05) is 0 Å². The molecule has 2 amide bonds. The van der Waals surface area contributed by atoms with Gasteiger partial charge in [0.1, 0.15) is 0 Å². The standard InChI is InChI=1S/C14H15ClN2O4/c1-2-21-14(20)9-7-12(18)17(8-9)16-13(19)10-5-3-4-6-11(10)15/h3-6,9H,2,7-8H2,1H3,(H,16,19)/t9-/m0/s1. The third-order valence-electron chi connectivity index (χ3n) is 3.10. The van der Waals surface area contributed by atoms with Crippen LogP contribution in [0.4, 0.5) is 0 Å². The van der Waals surface area contributed by atoms with Gasteiger partial charge in [0.2, 0.25) is 5.91 Å². The number of nitrogens with one attached hydrogen (secondary N) is 1. The van der Waals surface area contributed by atoms with Crippen LogP contribution < -0.4 is 5.43 Å². The minimum absolute atomic E-state index is 0.0294. The number of carbonyl (C=O) groups excluding carboxylic acids is 3. The molecule has 1 aromatic carbocycles. The first-order valence-electron chi connectivity index (χ1n) is 6.55. The van der Waals surface area contributed by atoms with Gasteiger partial charge in [-0.1, -0.05) is 23.7 Å². The summed E-state index contributed by atoms with van der Waals surface area (Å²) in [5.74, 6) is -1.80. The molecule has 0 saturated carbocycles. The Bertz CT molecular complexity index is 576. The van der Waals surface area contributed by atoms with E-state index in [4.69, 9.17) is 16.3 Å². The second-order valence-electron chi connectivity index (χ2n) is 4.58. The average molecular weight is 311 g/mol. The van der Waals surface area contributed by atoms with E-state index in [0.717, 1.165) is 5.01 Å². The molecule has 112 valence electrons. The number of benzene rings is 1. The predicted molar refractivity (Wildman–Crippen MR) is 75.4 cm³/mol. The van der Waals surface area contributed by atoms with Gasteiger partial charge in [0.25, 0.3) is 5.91 Å². The molecule has 1 aliphatic rings. The lowest BCUT2D eigenvalue weighted by molar-refractivity contribution is -0.147. The first kappa shape index (κ1) is 15.3. The van der Waals surface area contributed by atoms with Crippen LogP contribution in [0.5, 0.6) is 0 Å². The Balaban J connectivity index is 2.01. The molecule has 0 aromatic heterocycles. The van der Waals surface area contributed by atoms with Crippen molar-refractivity contribution in [1.29, 1.82) is 0 Å². The molecule has 1 fully saturated rings. The molecular formula is C14H15ClN2O4. The fourth-order valence-electron chi connectivity index (χ4n) is 2.06. The van der Waals surface area contributed by atoms with Gasteiger partial charge in [-0.3, -0.25) is 24.8 Å². The highest BCUT2D eigenvalue weighted by Gasteiger charge is 2.36. The van der Waals surface area contributed by atoms with E-state index in [0.29, 0.717) is 5.02 Å². The van der Waals surface area contributed by atoms with E-state index >= 15 is 0 Å². The van der Waals surface area contributed by atoms with Crippen molar-refractivity contribution in [3.8, 4) is 0 Å². The number of halogens is 1. The van der Waals surface area contributed by atoms with E-state index in [1.165, 1.54) is 0 Å². The van der Waals surface area contributed by atoms with Crippen LogP contribution in [0, 0.1) is 5.92 Å². The number of ether oxygens (including phenoxy) is 1. The van der Waals surface area contributed by atoms with Crippen LogP contribution in [0.2, 0.25) is 5.02 Å². The van der Waals surface area contributed by atoms with Crippen molar-refractivity contribution >= 4 is 29.4 Å². The number of amides is 2. The molecule has 6 nitrogen and oxygen atoms in total. The Hall–Kier alpha value is -2.08. The molecule has 0 unspecified atom stereocenters. The number of hydrogen-bond donors (Lipinski definition) is 1. The van der Waals surface area contributed by atoms with Gasteiger partial charge < -0.3 is 4.74 Å². The lowest BCUT2D eigenvalue weighted by Crippen LogP contribution is -2.43. The SMILES string of the molecule is CCOC(=O)[C@H]1CC(=O)N(NC(=O)c2ccccc2Cl)C1. The van der Waals surface area contributed by atoms with Gasteiger partial charge in [-0.25, -0.2) is 0 Å². The third-order valence-corrected chi connectivity index (χ3v) is 3.43. The molecule has 21 heavy (non-hydrogen) atoms. The molecule has 1 N–H and O–H groups in total. The average Bonchev–Trinajstić information content (AvgIpc) is 2.81. The third kappa shape index (κ3) is 3.52. The number of esters is 1. The lowest BCUT2D eigenvalue weighted by atomic mass is 10.1. The van der Waals surface area contributed by atoms with Gasteiger partial charge in [-0.15, -0.1) is 0 Å². The summed E-state index contributed by atoms with van der Waals surface area (Å²) in [6.07, 6.45) is 0.0294. The number of nitrogens with zero attached hydrogens (tertiary/aromatic N) is 1. The van der Waals surface area contributed by atoms with Crippen molar-refractivity contribution in [3.63, 3.8) is 0 Å². The zero-order valence-electron chi connectivity index (χ0n) is 11.5. The highest BCUT2D eigenvalue weighted by atomic mass is 35.5. The van der Waals surface area contributed by atoms with E-state index in [9.17, 15) is 14.4 Å². The highest BCUT2D eigenvalue weighted by molar-refractivity contribution is 6.33. The maximum atomic E-state index is 12.1. The summed E-state index contributed by atoms with van der Waals surface area (Å²) >= 11 is 5.92. The minimum atomic E-state index is -0.552. The molecule has 1 aliphatic heterocycles. The van der Waals surface area contributed by atoms with Crippen LogP contribution in [-0.4, -0.2) is 35.9 Å². The van der Waals surface area contributed by atoms with Crippen molar-refractivity contribution in [2.45, 2.75) is 13.3 Å². The van der Waals surface area contributed by atoms with Gasteiger partial charge in [0.15, 0.2) is 0 Å². The summed E-state index contributed by atoms with van der Waals surface area (Å²) in [5.41, 5.74) is 2.74. The molecule has 0 spiro atoms. The van der Waals surface area contributed by atoms with Crippen molar-refractivity contribution in [2.75, 3.05) is 13.2 Å². The first-order valence-corrected chi connectivity index (χ1v) is 6.93. The van der Waals surface area contributed by atoms with Crippen LogP contribution in [-0.2, 0) is 14.3 Å². The van der Waals surface area contributed by atoms with Gasteiger partial charge >= 0.3 is 5.97 Å². The predicted octanol–water partition coefficient (Wildman–Crippen LogP) is 1.40. The minimum Gasteiger partial charge on any atom is -0.466 e. The van der Waals surface area contributed by atoms with E-state index in [2.05, 4.69) is 5.43 Å². The van der Waals surface area contributed by atoms with Crippen molar-refractivity contribution < 1.29 is 19.1 Å². The Kier molecular flexibility index (Phi) is 4.80. The number of carbonyl (C=O) groups is 3. The second-order valence-corrected chi connectivity index (χ2v) is 4.99. The van der Waals surface area contributed by atoms with Gasteiger partial charge in [0.05, 0.1) is 29.7 Å². The maximum absolute atomic E-state index is 12.1. The Morgan fingerprint density at radius 3 is 2.81 bits per heavy atom. The van der Waals surface area contributed by atoms with Crippen LogP contribution in [0.3, 0.4) is 0 Å². The molecule has 7 heteroatoms. The van der Waals surface area contributed by atoms with E-state index in [-0.39, 0.29) is 31.0 Å². The molecule has 1 atom stereocenters. The van der Waals surface area contributed by atoms with Crippen molar-refractivity contribution in [1.82, 2.24) is 10.4 Å². The summed E-state index contributed by atoms with van der Waals surface area (Å²) in [7, 11) is 0. The summed E-state index contributed by atoms with van der Waals surface area (Å²) in [4.78, 5) is 35.5. The summed E-state index contributed by atoms with van der Waals surface area (Å²) in [5, 5.41) is 1.43. The van der Waals surface area contributed by atoms with Crippen molar-refractivity contribution in [2.24, 2.45) is 5.92 Å². The second kappa shape index (κ2) is 6.58. The molecule has 0 bridgehead atoms. The van der Waals surface area contributed by atoms with Gasteiger partial charge in [-0.05, 0) is 19.1 Å². The molecule has 1 aromatic rings. The quantitative estimate of drug-likeness (QED) is 0.853.